The third kappa shape index (κ3) is 4.56. The number of aromatic amines is 1. The van der Waals surface area contributed by atoms with Crippen molar-refractivity contribution in [3.8, 4) is 0 Å². The van der Waals surface area contributed by atoms with E-state index in [-0.39, 0.29) is 29.5 Å². The van der Waals surface area contributed by atoms with Gasteiger partial charge >= 0.3 is 0 Å². The van der Waals surface area contributed by atoms with E-state index in [1.54, 1.807) is 12.1 Å². The first kappa shape index (κ1) is 19.8. The molecule has 0 aliphatic rings. The van der Waals surface area contributed by atoms with Gasteiger partial charge in [0, 0.05) is 12.1 Å². The van der Waals surface area contributed by atoms with Crippen LogP contribution in [0, 0.1) is 0 Å². The van der Waals surface area contributed by atoms with Crippen molar-refractivity contribution in [2.45, 2.75) is 18.0 Å². The molecule has 0 spiro atoms. The molecule has 4 aromatic rings. The summed E-state index contributed by atoms with van der Waals surface area (Å²) in [5.41, 5.74) is 2.81. The minimum Gasteiger partial charge on any atom is -0.345 e. The molecule has 0 aliphatic carbocycles. The van der Waals surface area contributed by atoms with E-state index < -0.39 is 10.0 Å². The lowest BCUT2D eigenvalue weighted by molar-refractivity contribution is 0.0949. The van der Waals surface area contributed by atoms with E-state index >= 15 is 0 Å². The Morgan fingerprint density at radius 2 is 1.67 bits per heavy atom. The summed E-state index contributed by atoms with van der Waals surface area (Å²) in [7, 11) is -3.75. The second kappa shape index (κ2) is 8.48. The maximum Gasteiger partial charge on any atom is 0.251 e. The zero-order valence-corrected chi connectivity index (χ0v) is 16.8. The lowest BCUT2D eigenvalue weighted by atomic mass is 10.2. The topological polar surface area (TPSA) is 104 Å². The minimum atomic E-state index is -3.75. The van der Waals surface area contributed by atoms with E-state index in [0.717, 1.165) is 16.6 Å². The number of benzene rings is 3. The van der Waals surface area contributed by atoms with Crippen molar-refractivity contribution < 1.29 is 13.2 Å². The van der Waals surface area contributed by atoms with Gasteiger partial charge < -0.3 is 10.3 Å². The zero-order valence-electron chi connectivity index (χ0n) is 16.0. The summed E-state index contributed by atoms with van der Waals surface area (Å²) in [6.07, 6.45) is 0. The van der Waals surface area contributed by atoms with Crippen LogP contribution < -0.4 is 10.0 Å². The minimum absolute atomic E-state index is 0.0369. The Kier molecular flexibility index (Phi) is 5.60. The van der Waals surface area contributed by atoms with E-state index in [2.05, 4.69) is 20.0 Å². The second-order valence-corrected chi connectivity index (χ2v) is 8.49. The lowest BCUT2D eigenvalue weighted by Gasteiger charge is -2.09. The molecule has 30 heavy (non-hydrogen) atoms. The van der Waals surface area contributed by atoms with Crippen molar-refractivity contribution in [3.05, 3.63) is 95.8 Å². The van der Waals surface area contributed by atoms with Gasteiger partial charge in [0.2, 0.25) is 10.0 Å². The molecule has 0 aliphatic heterocycles. The van der Waals surface area contributed by atoms with Crippen molar-refractivity contribution in [1.82, 2.24) is 20.0 Å². The number of aromatic nitrogens is 2. The highest BCUT2D eigenvalue weighted by atomic mass is 32.2. The fourth-order valence-corrected chi connectivity index (χ4v) is 4.08. The highest BCUT2D eigenvalue weighted by Crippen LogP contribution is 2.13. The molecule has 0 saturated heterocycles. The van der Waals surface area contributed by atoms with Crippen LogP contribution in [0.15, 0.2) is 83.8 Å². The summed E-state index contributed by atoms with van der Waals surface area (Å²) in [5.74, 6) is 0.244. The van der Waals surface area contributed by atoms with Crippen LogP contribution in [-0.4, -0.2) is 24.3 Å². The normalized spacial score (nSPS) is 11.5. The molecule has 7 nitrogen and oxygen atoms in total. The molecule has 4 rings (SSSR count). The maximum absolute atomic E-state index is 12.6. The zero-order chi connectivity index (χ0) is 21.0. The molecule has 0 unspecified atom stereocenters. The molecule has 152 valence electrons. The predicted molar refractivity (Wildman–Crippen MR) is 114 cm³/mol. The Morgan fingerprint density at radius 1 is 0.900 bits per heavy atom. The largest absolute Gasteiger partial charge is 0.345 e. The Balaban J connectivity index is 1.43. The molecule has 1 amide bonds. The fraction of sp³-hybridized carbons (Fsp3) is 0.0909. The number of sulfonamides is 1. The van der Waals surface area contributed by atoms with Crippen LogP contribution in [-0.2, 0) is 23.1 Å². The number of H-pyrrole nitrogens is 1. The van der Waals surface area contributed by atoms with Crippen LogP contribution in [0.3, 0.4) is 0 Å². The third-order valence-electron chi connectivity index (χ3n) is 4.57. The predicted octanol–water partition coefficient (Wildman–Crippen LogP) is 2.97. The van der Waals surface area contributed by atoms with Gasteiger partial charge in [0.1, 0.15) is 5.82 Å². The molecule has 0 saturated carbocycles. The molecule has 0 bridgehead atoms. The number of hydrogen-bond donors (Lipinski definition) is 3. The van der Waals surface area contributed by atoms with Crippen LogP contribution >= 0.6 is 0 Å². The second-order valence-electron chi connectivity index (χ2n) is 6.72. The summed E-state index contributed by atoms with van der Waals surface area (Å²) in [6.45, 7) is 0.377. The fourth-order valence-electron chi connectivity index (χ4n) is 3.02. The Bertz CT molecular complexity index is 1250. The van der Waals surface area contributed by atoms with Crippen LogP contribution in [0.5, 0.6) is 0 Å². The number of hydrogen-bond acceptors (Lipinski definition) is 4. The molecular weight excluding hydrogens is 400 g/mol. The van der Waals surface area contributed by atoms with Crippen LogP contribution in [0.2, 0.25) is 0 Å². The van der Waals surface area contributed by atoms with Gasteiger partial charge in [-0.1, -0.05) is 48.5 Å². The van der Waals surface area contributed by atoms with Crippen molar-refractivity contribution >= 4 is 27.0 Å². The van der Waals surface area contributed by atoms with Gasteiger partial charge in [0.15, 0.2) is 0 Å². The summed E-state index contributed by atoms with van der Waals surface area (Å²) in [5, 5.41) is 2.76. The Hall–Kier alpha value is -3.49. The van der Waals surface area contributed by atoms with Crippen molar-refractivity contribution in [1.29, 1.82) is 0 Å². The first-order valence-electron chi connectivity index (χ1n) is 9.37. The van der Waals surface area contributed by atoms with Crippen LogP contribution in [0.4, 0.5) is 0 Å². The summed E-state index contributed by atoms with van der Waals surface area (Å²) >= 11 is 0. The quantitative estimate of drug-likeness (QED) is 0.428. The van der Waals surface area contributed by atoms with E-state index in [4.69, 9.17) is 0 Å². The van der Waals surface area contributed by atoms with Crippen LogP contribution in [0.25, 0.3) is 11.0 Å². The molecule has 3 N–H and O–H groups in total. The van der Waals surface area contributed by atoms with Gasteiger partial charge in [-0.3, -0.25) is 4.79 Å². The molecule has 0 radical (unpaired) electrons. The number of fused-ring (bicyclic) bond motifs is 1. The van der Waals surface area contributed by atoms with Crippen molar-refractivity contribution in [3.63, 3.8) is 0 Å². The van der Waals surface area contributed by atoms with Gasteiger partial charge in [-0.25, -0.2) is 18.1 Å². The molecular formula is C22H20N4O3S. The molecule has 1 heterocycles. The Labute approximate surface area is 174 Å². The van der Waals surface area contributed by atoms with Crippen LogP contribution in [0.1, 0.15) is 21.7 Å². The monoisotopic (exact) mass is 420 g/mol. The highest BCUT2D eigenvalue weighted by Gasteiger charge is 2.16. The van der Waals surface area contributed by atoms with Gasteiger partial charge in [-0.2, -0.15) is 0 Å². The summed E-state index contributed by atoms with van der Waals surface area (Å²) in [4.78, 5) is 20.1. The number of amides is 1. The third-order valence-corrected chi connectivity index (χ3v) is 5.97. The van der Waals surface area contributed by atoms with E-state index in [0.29, 0.717) is 5.82 Å². The molecule has 3 aromatic carbocycles. The Morgan fingerprint density at radius 3 is 2.47 bits per heavy atom. The van der Waals surface area contributed by atoms with E-state index in [1.807, 2.05) is 54.6 Å². The number of carbonyl (C=O) groups excluding carboxylic acids is 1. The van der Waals surface area contributed by atoms with Gasteiger partial charge in [-0.15, -0.1) is 0 Å². The first-order valence-corrected chi connectivity index (χ1v) is 10.8. The summed E-state index contributed by atoms with van der Waals surface area (Å²) < 4.78 is 27.8. The number of carbonyl (C=O) groups is 1. The standard InChI is InChI=1S/C22H20N4O3S/c27-22(23-15-21-25-19-11-4-5-12-20(19)26-21)17-9-6-10-18(13-17)30(28,29)24-14-16-7-2-1-3-8-16/h1-13,24H,14-15H2,(H,23,27)(H,25,26). The number of para-hydroxylation sites is 2. The van der Waals surface area contributed by atoms with Gasteiger partial charge in [-0.05, 0) is 35.9 Å². The average molecular weight is 420 g/mol. The van der Waals surface area contributed by atoms with Gasteiger partial charge in [0.05, 0.1) is 22.5 Å². The van der Waals surface area contributed by atoms with Gasteiger partial charge in [0.25, 0.3) is 5.91 Å². The van der Waals surface area contributed by atoms with Crippen molar-refractivity contribution in [2.75, 3.05) is 0 Å². The number of nitrogens with one attached hydrogen (secondary N) is 3. The number of nitrogens with zero attached hydrogens (tertiary/aromatic N) is 1. The summed E-state index contributed by atoms with van der Waals surface area (Å²) in [6, 6.07) is 22.8. The molecule has 0 atom stereocenters. The molecule has 0 fully saturated rings. The maximum atomic E-state index is 12.6. The molecule has 1 aromatic heterocycles. The SMILES string of the molecule is O=C(NCc1nc2ccccc2[nH]1)c1cccc(S(=O)(=O)NCc2ccccc2)c1. The van der Waals surface area contributed by atoms with E-state index in [9.17, 15) is 13.2 Å². The average Bonchev–Trinajstić information content (AvgIpc) is 3.20. The lowest BCUT2D eigenvalue weighted by Crippen LogP contribution is -2.25. The van der Waals surface area contributed by atoms with Crippen molar-refractivity contribution in [2.24, 2.45) is 0 Å². The molecule has 8 heteroatoms. The highest BCUT2D eigenvalue weighted by molar-refractivity contribution is 7.89. The number of imidazole rings is 1. The first-order chi connectivity index (χ1) is 14.5. The van der Waals surface area contributed by atoms with E-state index in [1.165, 1.54) is 12.1 Å². The smallest absolute Gasteiger partial charge is 0.251 e. The number of rotatable bonds is 7.